The number of amides is 2. The van der Waals surface area contributed by atoms with Gasteiger partial charge in [-0.2, -0.15) is 0 Å². The maximum absolute atomic E-state index is 12.1. The van der Waals surface area contributed by atoms with Crippen LogP contribution in [0.2, 0.25) is 5.02 Å². The Morgan fingerprint density at radius 3 is 2.65 bits per heavy atom. The van der Waals surface area contributed by atoms with Crippen LogP contribution in [0.25, 0.3) is 0 Å². The molecule has 0 aliphatic carbocycles. The smallest absolute Gasteiger partial charge is 0.253 e. The molecule has 110 valence electrons. The monoisotopic (exact) mass is 298 g/mol. The number of rotatable bonds is 6. The van der Waals surface area contributed by atoms with E-state index in [0.717, 1.165) is 0 Å². The minimum Gasteiger partial charge on any atom is -0.370 e. The van der Waals surface area contributed by atoms with Crippen molar-refractivity contribution < 1.29 is 9.59 Å². The molecule has 1 rings (SSSR count). The molecule has 0 aliphatic heterocycles. The molecule has 0 spiro atoms. The van der Waals surface area contributed by atoms with Gasteiger partial charge in [0.2, 0.25) is 5.91 Å². The molecule has 0 radical (unpaired) electrons. The Balaban J connectivity index is 2.82. The fourth-order valence-electron chi connectivity index (χ4n) is 1.37. The third-order valence-electron chi connectivity index (χ3n) is 2.82. The molecular formula is C13H19ClN4O2. The summed E-state index contributed by atoms with van der Waals surface area (Å²) in [5, 5.41) is 5.90. The lowest BCUT2D eigenvalue weighted by Gasteiger charge is -2.20. The van der Waals surface area contributed by atoms with Gasteiger partial charge in [-0.3, -0.25) is 9.59 Å². The molecular weight excluding hydrogens is 280 g/mol. The molecule has 0 saturated heterocycles. The first-order chi connectivity index (χ1) is 9.27. The van der Waals surface area contributed by atoms with E-state index in [1.807, 2.05) is 6.92 Å². The van der Waals surface area contributed by atoms with Crippen molar-refractivity contribution in [1.29, 1.82) is 0 Å². The van der Waals surface area contributed by atoms with Gasteiger partial charge >= 0.3 is 0 Å². The van der Waals surface area contributed by atoms with E-state index in [0.29, 0.717) is 17.9 Å². The molecule has 0 bridgehead atoms. The molecule has 6 nitrogen and oxygen atoms in total. The van der Waals surface area contributed by atoms with Crippen LogP contribution in [0.3, 0.4) is 0 Å². The summed E-state index contributed by atoms with van der Waals surface area (Å²) in [6.45, 7) is 6.06. The number of hydrogen-bond donors (Lipinski definition) is 3. The van der Waals surface area contributed by atoms with Crippen molar-refractivity contribution in [2.45, 2.75) is 20.8 Å². The summed E-state index contributed by atoms with van der Waals surface area (Å²) < 4.78 is 0. The summed E-state index contributed by atoms with van der Waals surface area (Å²) in [6.07, 6.45) is 1.41. The molecule has 1 aromatic rings. The number of anilines is 1. The lowest BCUT2D eigenvalue weighted by atomic mass is 9.92. The number of hydrogen-bond acceptors (Lipinski definition) is 4. The van der Waals surface area contributed by atoms with E-state index >= 15 is 0 Å². The molecule has 0 saturated carbocycles. The fraction of sp³-hybridized carbons (Fsp3) is 0.462. The summed E-state index contributed by atoms with van der Waals surface area (Å²) in [7, 11) is 0. The second-order valence-corrected chi connectivity index (χ2v) is 5.42. The van der Waals surface area contributed by atoms with Crippen molar-refractivity contribution in [2.75, 3.05) is 18.4 Å². The average molecular weight is 299 g/mol. The highest BCUT2D eigenvalue weighted by Crippen LogP contribution is 2.19. The van der Waals surface area contributed by atoms with E-state index in [9.17, 15) is 9.59 Å². The molecule has 20 heavy (non-hydrogen) atoms. The highest BCUT2D eigenvalue weighted by Gasteiger charge is 2.26. The van der Waals surface area contributed by atoms with Crippen LogP contribution in [-0.4, -0.2) is 29.9 Å². The van der Waals surface area contributed by atoms with Gasteiger partial charge in [-0.05, 0) is 26.8 Å². The number of pyridine rings is 1. The van der Waals surface area contributed by atoms with E-state index < -0.39 is 11.3 Å². The number of carbonyl (C=O) groups excluding carboxylic acids is 2. The molecule has 0 fully saturated rings. The van der Waals surface area contributed by atoms with Gasteiger partial charge < -0.3 is 16.4 Å². The zero-order valence-corrected chi connectivity index (χ0v) is 12.5. The molecule has 0 aliphatic rings. The second kappa shape index (κ2) is 6.56. The first-order valence-electron chi connectivity index (χ1n) is 6.25. The molecule has 0 unspecified atom stereocenters. The second-order valence-electron chi connectivity index (χ2n) is 5.01. The molecule has 7 heteroatoms. The van der Waals surface area contributed by atoms with E-state index in [1.54, 1.807) is 19.9 Å². The Morgan fingerprint density at radius 1 is 1.45 bits per heavy atom. The zero-order valence-electron chi connectivity index (χ0n) is 11.8. The van der Waals surface area contributed by atoms with Crippen LogP contribution in [0.5, 0.6) is 0 Å². The standard InChI is InChI=1S/C13H19ClN4O2/c1-4-16-10-5-8(9(14)6-17-10)11(19)18-7-13(2,3)12(15)20/h5-6H,4,7H2,1-3H3,(H2,15,20)(H,16,17)(H,18,19). The minimum atomic E-state index is -0.820. The summed E-state index contributed by atoms with van der Waals surface area (Å²) in [5.74, 6) is -0.283. The summed E-state index contributed by atoms with van der Waals surface area (Å²) in [4.78, 5) is 27.3. The van der Waals surface area contributed by atoms with Crippen LogP contribution in [0.1, 0.15) is 31.1 Å². The normalized spacial score (nSPS) is 11.0. The fourth-order valence-corrected chi connectivity index (χ4v) is 1.56. The van der Waals surface area contributed by atoms with Crippen molar-refractivity contribution in [2.24, 2.45) is 11.1 Å². The van der Waals surface area contributed by atoms with E-state index in [-0.39, 0.29) is 17.5 Å². The average Bonchev–Trinajstić information content (AvgIpc) is 2.38. The molecule has 2 amide bonds. The number of halogens is 1. The van der Waals surface area contributed by atoms with Crippen molar-refractivity contribution in [3.8, 4) is 0 Å². The first kappa shape index (κ1) is 16.2. The van der Waals surface area contributed by atoms with Gasteiger partial charge in [0.05, 0.1) is 16.0 Å². The van der Waals surface area contributed by atoms with Crippen molar-refractivity contribution in [3.63, 3.8) is 0 Å². The van der Waals surface area contributed by atoms with Crippen molar-refractivity contribution >= 4 is 29.2 Å². The minimum absolute atomic E-state index is 0.135. The quantitative estimate of drug-likeness (QED) is 0.739. The topological polar surface area (TPSA) is 97.1 Å². The maximum Gasteiger partial charge on any atom is 0.253 e. The third kappa shape index (κ3) is 4.09. The van der Waals surface area contributed by atoms with Gasteiger partial charge in [0, 0.05) is 19.3 Å². The summed E-state index contributed by atoms with van der Waals surface area (Å²) >= 11 is 5.96. The number of aromatic nitrogens is 1. The van der Waals surface area contributed by atoms with Crippen LogP contribution in [0.4, 0.5) is 5.82 Å². The van der Waals surface area contributed by atoms with Gasteiger partial charge in [-0.1, -0.05) is 11.6 Å². The maximum atomic E-state index is 12.1. The molecule has 1 aromatic heterocycles. The molecule has 1 heterocycles. The zero-order chi connectivity index (χ0) is 15.3. The predicted molar refractivity (Wildman–Crippen MR) is 78.7 cm³/mol. The van der Waals surface area contributed by atoms with Crippen LogP contribution in [0, 0.1) is 5.41 Å². The lowest BCUT2D eigenvalue weighted by Crippen LogP contribution is -2.42. The molecule has 4 N–H and O–H groups in total. The summed E-state index contributed by atoms with van der Waals surface area (Å²) in [5.41, 5.74) is 4.74. The van der Waals surface area contributed by atoms with Gasteiger partial charge in [0.15, 0.2) is 0 Å². The Labute approximate surface area is 123 Å². The van der Waals surface area contributed by atoms with Crippen LogP contribution >= 0.6 is 11.6 Å². The van der Waals surface area contributed by atoms with Crippen LogP contribution < -0.4 is 16.4 Å². The highest BCUT2D eigenvalue weighted by molar-refractivity contribution is 6.33. The number of nitrogens with two attached hydrogens (primary N) is 1. The van der Waals surface area contributed by atoms with Gasteiger partial charge in [0.25, 0.3) is 5.91 Å². The Morgan fingerprint density at radius 2 is 2.10 bits per heavy atom. The lowest BCUT2D eigenvalue weighted by molar-refractivity contribution is -0.125. The van der Waals surface area contributed by atoms with Gasteiger partial charge in [0.1, 0.15) is 5.82 Å². The number of carbonyl (C=O) groups is 2. The largest absolute Gasteiger partial charge is 0.370 e. The van der Waals surface area contributed by atoms with Crippen molar-refractivity contribution in [1.82, 2.24) is 10.3 Å². The summed E-state index contributed by atoms with van der Waals surface area (Å²) in [6, 6.07) is 1.57. The van der Waals surface area contributed by atoms with Crippen LogP contribution in [0.15, 0.2) is 12.3 Å². The van der Waals surface area contributed by atoms with Crippen LogP contribution in [-0.2, 0) is 4.79 Å². The number of nitrogens with zero attached hydrogens (tertiary/aromatic N) is 1. The SMILES string of the molecule is CCNc1cc(C(=O)NCC(C)(C)C(N)=O)c(Cl)cn1. The molecule has 0 aromatic carbocycles. The van der Waals surface area contributed by atoms with Gasteiger partial charge in [-0.15, -0.1) is 0 Å². The van der Waals surface area contributed by atoms with E-state index in [4.69, 9.17) is 17.3 Å². The molecule has 0 atom stereocenters. The van der Waals surface area contributed by atoms with Crippen molar-refractivity contribution in [3.05, 3.63) is 22.8 Å². The van der Waals surface area contributed by atoms with Gasteiger partial charge in [-0.25, -0.2) is 4.98 Å². The van der Waals surface area contributed by atoms with E-state index in [2.05, 4.69) is 15.6 Å². The Bertz CT molecular complexity index is 517. The number of primary amides is 1. The third-order valence-corrected chi connectivity index (χ3v) is 3.12. The predicted octanol–water partition coefficient (Wildman–Crippen LogP) is 1.41. The Hall–Kier alpha value is -1.82. The van der Waals surface area contributed by atoms with E-state index in [1.165, 1.54) is 6.20 Å². The number of nitrogens with one attached hydrogen (secondary N) is 2. The Kier molecular flexibility index (Phi) is 5.33. The first-order valence-corrected chi connectivity index (χ1v) is 6.63. The highest BCUT2D eigenvalue weighted by atomic mass is 35.5.